The number of hydroxylamine groups is 2. The van der Waals surface area contributed by atoms with Gasteiger partial charge in [-0.15, -0.1) is 0 Å². The number of rotatable bonds is 1. The van der Waals surface area contributed by atoms with Crippen LogP contribution in [0.25, 0.3) is 0 Å². The Morgan fingerprint density at radius 3 is 2.64 bits per heavy atom. The average molecular weight is 214 g/mol. The van der Waals surface area contributed by atoms with Gasteiger partial charge in [0.05, 0.1) is 12.5 Å². The van der Waals surface area contributed by atoms with Crippen LogP contribution in [0.15, 0.2) is 0 Å². The smallest absolute Gasteiger partial charge is 0.258 e. The molecule has 0 radical (unpaired) electrons. The molecule has 0 saturated carbocycles. The average Bonchev–Trinajstić information content (AvgIpc) is 2.40. The van der Waals surface area contributed by atoms with E-state index >= 15 is 0 Å². The van der Waals surface area contributed by atoms with Crippen molar-refractivity contribution < 1.29 is 9.63 Å². The molecule has 14 heavy (non-hydrogen) atoms. The minimum absolute atomic E-state index is 0.0477. The van der Waals surface area contributed by atoms with E-state index in [1.807, 2.05) is 0 Å². The van der Waals surface area contributed by atoms with E-state index in [2.05, 4.69) is 5.32 Å². The lowest BCUT2D eigenvalue weighted by molar-refractivity contribution is -0.162. The summed E-state index contributed by atoms with van der Waals surface area (Å²) in [5.74, 6) is 0.0477. The first-order valence-electron chi connectivity index (χ1n) is 4.82. The highest BCUT2D eigenvalue weighted by molar-refractivity contribution is 7.80. The third-order valence-corrected chi connectivity index (χ3v) is 3.41. The second-order valence-corrected chi connectivity index (χ2v) is 4.35. The Hall–Kier alpha value is -0.520. The third kappa shape index (κ3) is 1.36. The predicted octanol–water partition coefficient (Wildman–Crippen LogP) is 0.477. The van der Waals surface area contributed by atoms with Gasteiger partial charge in [-0.25, -0.2) is 0 Å². The first-order valence-corrected chi connectivity index (χ1v) is 5.23. The predicted molar refractivity (Wildman–Crippen MR) is 55.6 cm³/mol. The van der Waals surface area contributed by atoms with Crippen molar-refractivity contribution in [2.75, 3.05) is 20.2 Å². The highest BCUT2D eigenvalue weighted by Gasteiger charge is 2.50. The zero-order chi connectivity index (χ0) is 10.2. The van der Waals surface area contributed by atoms with Gasteiger partial charge in [0.15, 0.2) is 0 Å². The molecule has 2 saturated heterocycles. The lowest BCUT2D eigenvalue weighted by Crippen LogP contribution is -2.42. The summed E-state index contributed by atoms with van der Waals surface area (Å²) in [5.41, 5.74) is -0.266. The maximum absolute atomic E-state index is 12.0. The highest BCUT2D eigenvalue weighted by Crippen LogP contribution is 2.40. The van der Waals surface area contributed by atoms with Crippen LogP contribution in [0.5, 0.6) is 0 Å². The van der Waals surface area contributed by atoms with Gasteiger partial charge in [0, 0.05) is 6.42 Å². The Bertz CT molecular complexity index is 274. The summed E-state index contributed by atoms with van der Waals surface area (Å²) in [6.07, 6.45) is 2.41. The van der Waals surface area contributed by atoms with Crippen LogP contribution in [0.4, 0.5) is 0 Å². The lowest BCUT2D eigenvalue weighted by Gasteiger charge is -2.30. The number of hydrogen-bond acceptors (Lipinski definition) is 4. The molecule has 5 heteroatoms. The molecule has 2 aliphatic rings. The number of amides is 1. The van der Waals surface area contributed by atoms with Crippen molar-refractivity contribution in [1.82, 2.24) is 10.4 Å². The van der Waals surface area contributed by atoms with Gasteiger partial charge < -0.3 is 5.32 Å². The van der Waals surface area contributed by atoms with Crippen molar-refractivity contribution in [2.24, 2.45) is 5.41 Å². The van der Waals surface area contributed by atoms with E-state index in [1.54, 1.807) is 0 Å². The summed E-state index contributed by atoms with van der Waals surface area (Å²) in [4.78, 5) is 17.6. The Morgan fingerprint density at radius 1 is 1.50 bits per heavy atom. The Balaban J connectivity index is 2.21. The van der Waals surface area contributed by atoms with Crippen molar-refractivity contribution in [3.05, 3.63) is 0 Å². The summed E-state index contributed by atoms with van der Waals surface area (Å²) in [7, 11) is 1.49. The largest absolute Gasteiger partial charge is 0.317 e. The van der Waals surface area contributed by atoms with Crippen molar-refractivity contribution >= 4 is 23.1 Å². The summed E-state index contributed by atoms with van der Waals surface area (Å²) in [6, 6.07) is 0. The van der Waals surface area contributed by atoms with Crippen molar-refractivity contribution in [1.29, 1.82) is 0 Å². The molecule has 0 aromatic heterocycles. The van der Waals surface area contributed by atoms with Crippen LogP contribution in [0, 0.1) is 5.41 Å². The van der Waals surface area contributed by atoms with E-state index in [9.17, 15) is 4.79 Å². The minimum atomic E-state index is -0.266. The third-order valence-electron chi connectivity index (χ3n) is 3.10. The van der Waals surface area contributed by atoms with Crippen LogP contribution in [0.1, 0.15) is 19.3 Å². The van der Waals surface area contributed by atoms with E-state index in [4.69, 9.17) is 17.1 Å². The summed E-state index contributed by atoms with van der Waals surface area (Å²) < 4.78 is 0. The molecule has 0 aromatic carbocycles. The fourth-order valence-electron chi connectivity index (χ4n) is 2.25. The first-order chi connectivity index (χ1) is 6.69. The molecule has 2 heterocycles. The molecule has 0 atom stereocenters. The quantitative estimate of drug-likeness (QED) is 0.645. The molecule has 2 rings (SSSR count). The molecule has 0 aliphatic carbocycles. The number of thiocarbonyl (C=S) groups is 1. The number of carbonyl (C=O) groups is 1. The Morgan fingerprint density at radius 2 is 2.14 bits per heavy atom. The van der Waals surface area contributed by atoms with Gasteiger partial charge in [0.2, 0.25) is 0 Å². The molecule has 0 bridgehead atoms. The van der Waals surface area contributed by atoms with Gasteiger partial charge in [-0.05, 0) is 25.9 Å². The van der Waals surface area contributed by atoms with Crippen molar-refractivity contribution in [3.63, 3.8) is 0 Å². The van der Waals surface area contributed by atoms with Crippen LogP contribution in [0.2, 0.25) is 0 Å². The first kappa shape index (κ1) is 10.0. The molecule has 1 amide bonds. The SMILES string of the molecule is CON1C(=O)C2(CCNCC2)CC1=S. The second kappa shape index (κ2) is 3.56. The van der Waals surface area contributed by atoms with Crippen LogP contribution >= 0.6 is 12.2 Å². The zero-order valence-electron chi connectivity index (χ0n) is 8.21. The Kier molecular flexibility index (Phi) is 2.55. The maximum atomic E-state index is 12.0. The number of nitrogens with one attached hydrogen (secondary N) is 1. The van der Waals surface area contributed by atoms with E-state index in [0.29, 0.717) is 11.4 Å². The topological polar surface area (TPSA) is 41.6 Å². The lowest BCUT2D eigenvalue weighted by atomic mass is 9.78. The van der Waals surface area contributed by atoms with Crippen LogP contribution < -0.4 is 5.32 Å². The highest BCUT2D eigenvalue weighted by atomic mass is 32.1. The van der Waals surface area contributed by atoms with Crippen LogP contribution in [-0.2, 0) is 9.63 Å². The van der Waals surface area contributed by atoms with E-state index in [0.717, 1.165) is 25.9 Å². The normalized spacial score (nSPS) is 26.2. The minimum Gasteiger partial charge on any atom is -0.317 e. The zero-order valence-corrected chi connectivity index (χ0v) is 9.02. The number of piperidine rings is 1. The summed E-state index contributed by atoms with van der Waals surface area (Å²) >= 11 is 5.13. The number of nitrogens with zero attached hydrogens (tertiary/aromatic N) is 1. The molecule has 1 N–H and O–H groups in total. The molecule has 0 unspecified atom stereocenters. The van der Waals surface area contributed by atoms with Crippen LogP contribution in [0.3, 0.4) is 0 Å². The van der Waals surface area contributed by atoms with E-state index in [-0.39, 0.29) is 11.3 Å². The van der Waals surface area contributed by atoms with Gasteiger partial charge in [-0.1, -0.05) is 12.2 Å². The molecular weight excluding hydrogens is 200 g/mol. The van der Waals surface area contributed by atoms with Gasteiger partial charge >= 0.3 is 0 Å². The van der Waals surface area contributed by atoms with Gasteiger partial charge in [-0.2, -0.15) is 5.06 Å². The molecule has 2 fully saturated rings. The molecular formula is C9H14N2O2S. The molecule has 4 nitrogen and oxygen atoms in total. The maximum Gasteiger partial charge on any atom is 0.258 e. The summed E-state index contributed by atoms with van der Waals surface area (Å²) in [5, 5.41) is 4.53. The van der Waals surface area contributed by atoms with Gasteiger partial charge in [-0.3, -0.25) is 9.63 Å². The van der Waals surface area contributed by atoms with Crippen molar-refractivity contribution in [3.8, 4) is 0 Å². The second-order valence-electron chi connectivity index (χ2n) is 3.88. The molecule has 78 valence electrons. The van der Waals surface area contributed by atoms with E-state index < -0.39 is 0 Å². The molecule has 1 spiro atoms. The number of hydrogen-bond donors (Lipinski definition) is 1. The van der Waals surface area contributed by atoms with Gasteiger partial charge in [0.1, 0.15) is 4.99 Å². The fourth-order valence-corrected chi connectivity index (χ4v) is 2.68. The fraction of sp³-hybridized carbons (Fsp3) is 0.778. The van der Waals surface area contributed by atoms with Crippen LogP contribution in [-0.4, -0.2) is 36.2 Å². The Labute approximate surface area is 88.5 Å². The number of carbonyl (C=O) groups excluding carboxylic acids is 1. The standard InChI is InChI=1S/C9H14N2O2S/c1-13-11-7(14)6-9(8(11)12)2-4-10-5-3-9/h10H,2-6H2,1H3. The summed E-state index contributed by atoms with van der Waals surface area (Å²) in [6.45, 7) is 1.79. The van der Waals surface area contributed by atoms with Gasteiger partial charge in [0.25, 0.3) is 5.91 Å². The molecule has 2 aliphatic heterocycles. The van der Waals surface area contributed by atoms with E-state index in [1.165, 1.54) is 12.2 Å². The van der Waals surface area contributed by atoms with Crippen molar-refractivity contribution in [2.45, 2.75) is 19.3 Å². The molecule has 0 aromatic rings. The monoisotopic (exact) mass is 214 g/mol.